The highest BCUT2D eigenvalue weighted by atomic mass is 32.2. The second-order valence-corrected chi connectivity index (χ2v) is 8.27. The first-order valence-electron chi connectivity index (χ1n) is 8.50. The van der Waals surface area contributed by atoms with Gasteiger partial charge in [-0.2, -0.15) is 0 Å². The van der Waals surface area contributed by atoms with Crippen molar-refractivity contribution in [2.75, 3.05) is 23.9 Å². The Labute approximate surface area is 158 Å². The minimum atomic E-state index is -3.70. The maximum Gasteiger partial charge on any atom is 0.240 e. The number of nitrogens with one attached hydrogen (secondary N) is 1. The molecular formula is C19H21N3O4S. The van der Waals surface area contributed by atoms with Gasteiger partial charge in [0.25, 0.3) is 0 Å². The zero-order valence-electron chi connectivity index (χ0n) is 15.2. The number of sulfonamides is 1. The van der Waals surface area contributed by atoms with Crippen LogP contribution in [-0.2, 0) is 26.2 Å². The van der Waals surface area contributed by atoms with E-state index in [1.807, 2.05) is 43.3 Å². The molecule has 0 radical (unpaired) electrons. The predicted octanol–water partition coefficient (Wildman–Crippen LogP) is 1.88. The zero-order chi connectivity index (χ0) is 19.6. The fourth-order valence-corrected chi connectivity index (χ4v) is 3.83. The third-order valence-electron chi connectivity index (χ3n) is 4.38. The highest BCUT2D eigenvalue weighted by Gasteiger charge is 2.30. The lowest BCUT2D eigenvalue weighted by atomic mass is 10.2. The van der Waals surface area contributed by atoms with Gasteiger partial charge in [-0.05, 0) is 42.0 Å². The van der Waals surface area contributed by atoms with Crippen LogP contribution < -0.4 is 14.5 Å². The van der Waals surface area contributed by atoms with Crippen LogP contribution in [0.4, 0.5) is 11.4 Å². The molecule has 1 fully saturated rings. The van der Waals surface area contributed by atoms with E-state index in [4.69, 9.17) is 0 Å². The Morgan fingerprint density at radius 1 is 0.926 bits per heavy atom. The summed E-state index contributed by atoms with van der Waals surface area (Å²) in [7, 11) is 0.169. The van der Waals surface area contributed by atoms with E-state index in [9.17, 15) is 18.0 Å². The maximum absolute atomic E-state index is 12.5. The Hall–Kier alpha value is -2.71. The van der Waals surface area contributed by atoms with Gasteiger partial charge in [-0.25, -0.2) is 13.1 Å². The Balaban J connectivity index is 1.69. The minimum absolute atomic E-state index is 0.0789. The van der Waals surface area contributed by atoms with Crippen molar-refractivity contribution in [2.24, 2.45) is 0 Å². The van der Waals surface area contributed by atoms with E-state index in [0.29, 0.717) is 5.69 Å². The summed E-state index contributed by atoms with van der Waals surface area (Å²) in [6, 6.07) is 13.3. The number of rotatable bonds is 6. The molecule has 1 heterocycles. The van der Waals surface area contributed by atoms with Crippen molar-refractivity contribution in [3.05, 3.63) is 54.1 Å². The number of anilines is 2. The molecular weight excluding hydrogens is 366 g/mol. The van der Waals surface area contributed by atoms with Gasteiger partial charge in [-0.1, -0.05) is 12.1 Å². The second-order valence-electron chi connectivity index (χ2n) is 6.50. The van der Waals surface area contributed by atoms with Gasteiger partial charge in [0.05, 0.1) is 10.6 Å². The molecule has 2 aromatic carbocycles. The molecule has 0 bridgehead atoms. The highest BCUT2D eigenvalue weighted by Crippen LogP contribution is 2.24. The van der Waals surface area contributed by atoms with Crippen LogP contribution in [0.1, 0.15) is 18.4 Å². The molecule has 0 aliphatic carbocycles. The van der Waals surface area contributed by atoms with E-state index in [1.54, 1.807) is 0 Å². The average Bonchev–Trinajstić information content (AvgIpc) is 2.99. The summed E-state index contributed by atoms with van der Waals surface area (Å²) >= 11 is 0. The summed E-state index contributed by atoms with van der Waals surface area (Å²) in [5, 5.41) is 0. The van der Waals surface area contributed by atoms with Crippen molar-refractivity contribution < 1.29 is 18.0 Å². The van der Waals surface area contributed by atoms with Crippen LogP contribution in [0.3, 0.4) is 0 Å². The molecule has 0 aromatic heterocycles. The van der Waals surface area contributed by atoms with Crippen LogP contribution >= 0.6 is 0 Å². The van der Waals surface area contributed by atoms with Crippen LogP contribution in [0, 0.1) is 0 Å². The molecule has 3 rings (SSSR count). The summed E-state index contributed by atoms with van der Waals surface area (Å²) in [5.74, 6) is -0.537. The normalized spacial score (nSPS) is 14.7. The molecule has 142 valence electrons. The first-order chi connectivity index (χ1) is 12.8. The molecule has 2 aromatic rings. The molecule has 1 aliphatic heterocycles. The lowest BCUT2D eigenvalue weighted by molar-refractivity contribution is -0.121. The van der Waals surface area contributed by atoms with Crippen molar-refractivity contribution in [3.63, 3.8) is 0 Å². The van der Waals surface area contributed by atoms with Gasteiger partial charge >= 0.3 is 0 Å². The van der Waals surface area contributed by atoms with Crippen LogP contribution in [-0.4, -0.2) is 34.3 Å². The third-order valence-corrected chi connectivity index (χ3v) is 5.79. The van der Waals surface area contributed by atoms with Gasteiger partial charge in [0.1, 0.15) is 0 Å². The predicted molar refractivity (Wildman–Crippen MR) is 103 cm³/mol. The van der Waals surface area contributed by atoms with Crippen LogP contribution in [0.15, 0.2) is 53.4 Å². The topological polar surface area (TPSA) is 86.8 Å². The lowest BCUT2D eigenvalue weighted by Crippen LogP contribution is -2.28. The fraction of sp³-hybridized carbons (Fsp3) is 0.263. The maximum atomic E-state index is 12.5. The van der Waals surface area contributed by atoms with Gasteiger partial charge < -0.3 is 4.90 Å². The third kappa shape index (κ3) is 4.17. The summed E-state index contributed by atoms with van der Waals surface area (Å²) in [6.07, 6.45) is 0.375. The number of carbonyl (C=O) groups is 2. The van der Waals surface area contributed by atoms with Crippen LogP contribution in [0.25, 0.3) is 0 Å². The van der Waals surface area contributed by atoms with Gasteiger partial charge in [0.2, 0.25) is 21.8 Å². The van der Waals surface area contributed by atoms with Crippen molar-refractivity contribution in [1.82, 2.24) is 4.72 Å². The van der Waals surface area contributed by atoms with Crippen molar-refractivity contribution in [3.8, 4) is 0 Å². The Morgan fingerprint density at radius 3 is 2.00 bits per heavy atom. The molecule has 0 atom stereocenters. The van der Waals surface area contributed by atoms with Gasteiger partial charge in [0, 0.05) is 39.2 Å². The molecule has 0 unspecified atom stereocenters. The number of benzene rings is 2. The second kappa shape index (κ2) is 7.50. The standard InChI is InChI=1S/C19H21N3O4S/c1-21(2)15-5-3-14(4-6-15)13-20-27(25,26)17-9-7-16(8-10-17)22-18(23)11-12-19(22)24/h3-10,20H,11-13H2,1-2H3. The molecule has 8 heteroatoms. The first-order valence-corrected chi connectivity index (χ1v) is 9.98. The molecule has 7 nitrogen and oxygen atoms in total. The van der Waals surface area contributed by atoms with Crippen LogP contribution in [0.5, 0.6) is 0 Å². The zero-order valence-corrected chi connectivity index (χ0v) is 16.0. The van der Waals surface area contributed by atoms with Gasteiger partial charge in [-0.15, -0.1) is 0 Å². The summed E-state index contributed by atoms with van der Waals surface area (Å²) < 4.78 is 27.5. The number of nitrogens with zero attached hydrogens (tertiary/aromatic N) is 2. The molecule has 1 saturated heterocycles. The lowest BCUT2D eigenvalue weighted by Gasteiger charge is -2.15. The summed E-state index contributed by atoms with van der Waals surface area (Å²) in [4.78, 5) is 26.7. The smallest absolute Gasteiger partial charge is 0.240 e. The van der Waals surface area contributed by atoms with Crippen LogP contribution in [0.2, 0.25) is 0 Å². The fourth-order valence-electron chi connectivity index (χ4n) is 2.81. The summed E-state index contributed by atoms with van der Waals surface area (Å²) in [6.45, 7) is 0.168. The van der Waals surface area contributed by atoms with Crippen molar-refractivity contribution in [2.45, 2.75) is 24.3 Å². The van der Waals surface area contributed by atoms with E-state index in [2.05, 4.69) is 4.72 Å². The van der Waals surface area contributed by atoms with Crippen molar-refractivity contribution >= 4 is 33.2 Å². The molecule has 0 saturated carbocycles. The molecule has 1 aliphatic rings. The SMILES string of the molecule is CN(C)c1ccc(CNS(=O)(=O)c2ccc(N3C(=O)CCC3=O)cc2)cc1. The van der Waals surface area contributed by atoms with E-state index >= 15 is 0 Å². The minimum Gasteiger partial charge on any atom is -0.378 e. The largest absolute Gasteiger partial charge is 0.378 e. The summed E-state index contributed by atoms with van der Waals surface area (Å²) in [5.41, 5.74) is 2.26. The quantitative estimate of drug-likeness (QED) is 0.765. The highest BCUT2D eigenvalue weighted by molar-refractivity contribution is 7.89. The molecule has 27 heavy (non-hydrogen) atoms. The number of hydrogen-bond donors (Lipinski definition) is 1. The Bertz CT molecular complexity index is 935. The monoisotopic (exact) mass is 387 g/mol. The Kier molecular flexibility index (Phi) is 5.29. The average molecular weight is 387 g/mol. The number of amides is 2. The van der Waals surface area contributed by atoms with Gasteiger partial charge in [0.15, 0.2) is 0 Å². The van der Waals surface area contributed by atoms with E-state index in [-0.39, 0.29) is 36.1 Å². The molecule has 1 N–H and O–H groups in total. The number of imide groups is 1. The molecule has 0 spiro atoms. The van der Waals surface area contributed by atoms with E-state index < -0.39 is 10.0 Å². The van der Waals surface area contributed by atoms with E-state index in [0.717, 1.165) is 16.2 Å². The first kappa shape index (κ1) is 19.1. The number of carbonyl (C=O) groups excluding carboxylic acids is 2. The number of hydrogen-bond acceptors (Lipinski definition) is 5. The Morgan fingerprint density at radius 2 is 1.48 bits per heavy atom. The molecule has 2 amide bonds. The van der Waals surface area contributed by atoms with E-state index in [1.165, 1.54) is 24.3 Å². The van der Waals surface area contributed by atoms with Gasteiger partial charge in [-0.3, -0.25) is 14.5 Å². The van der Waals surface area contributed by atoms with Crippen molar-refractivity contribution in [1.29, 1.82) is 0 Å².